The van der Waals surface area contributed by atoms with Crippen molar-refractivity contribution in [2.75, 3.05) is 13.2 Å². The second-order valence-corrected chi connectivity index (χ2v) is 6.07. The summed E-state index contributed by atoms with van der Waals surface area (Å²) in [5.74, 6) is -2.44. The van der Waals surface area contributed by atoms with Gasteiger partial charge in [-0.05, 0) is 31.2 Å². The van der Waals surface area contributed by atoms with E-state index in [0.29, 0.717) is 4.47 Å². The number of benzene rings is 2. The Balaban J connectivity index is 2.08. The molecule has 0 atom stereocenters. The Labute approximate surface area is 157 Å². The molecule has 2 rings (SSSR count). The Morgan fingerprint density at radius 1 is 1.15 bits per heavy atom. The maximum absolute atomic E-state index is 13.8. The zero-order valence-corrected chi connectivity index (χ0v) is 15.4. The van der Waals surface area contributed by atoms with Crippen LogP contribution < -0.4 is 10.1 Å². The Hall–Kier alpha value is -2.48. The quantitative estimate of drug-likeness (QED) is 0.685. The Kier molecular flexibility index (Phi) is 7.08. The number of halogens is 3. The first kappa shape index (κ1) is 19.8. The van der Waals surface area contributed by atoms with Crippen LogP contribution >= 0.6 is 15.9 Å². The van der Waals surface area contributed by atoms with E-state index in [1.54, 1.807) is 13.0 Å². The largest absolute Gasteiger partial charge is 0.481 e. The van der Waals surface area contributed by atoms with Crippen molar-refractivity contribution in [1.29, 1.82) is 0 Å². The fourth-order valence-corrected chi connectivity index (χ4v) is 2.41. The van der Waals surface area contributed by atoms with Crippen molar-refractivity contribution in [3.05, 3.63) is 63.6 Å². The van der Waals surface area contributed by atoms with Crippen LogP contribution in [0.25, 0.3) is 0 Å². The summed E-state index contributed by atoms with van der Waals surface area (Å²) in [6.07, 6.45) is 0. The average molecular weight is 428 g/mol. The zero-order valence-electron chi connectivity index (χ0n) is 13.9. The summed E-state index contributed by atoms with van der Waals surface area (Å²) in [4.78, 5) is 23.7. The lowest BCUT2D eigenvalue weighted by Gasteiger charge is -2.12. The minimum absolute atomic E-state index is 0.0215. The molecule has 0 aliphatic carbocycles. The van der Waals surface area contributed by atoms with Crippen molar-refractivity contribution in [2.45, 2.75) is 13.5 Å². The van der Waals surface area contributed by atoms with Gasteiger partial charge in [-0.15, -0.1) is 0 Å². The zero-order chi connectivity index (χ0) is 19.1. The molecule has 0 fully saturated rings. The molecular formula is C18H16BrF2NO4. The molecular weight excluding hydrogens is 412 g/mol. The van der Waals surface area contributed by atoms with Crippen molar-refractivity contribution in [2.24, 2.45) is 0 Å². The van der Waals surface area contributed by atoms with Gasteiger partial charge in [-0.1, -0.05) is 22.0 Å². The number of carbonyl (C=O) groups is 2. The molecule has 0 heterocycles. The van der Waals surface area contributed by atoms with Gasteiger partial charge < -0.3 is 14.8 Å². The second kappa shape index (κ2) is 9.28. The number of ether oxygens (including phenoxy) is 2. The standard InChI is InChI=1S/C18H16BrF2NO4/c1-2-25-17(23)10-26-16-8-13(20)5-6-14(16)18(24)22-9-11-3-4-12(19)7-15(11)21/h3-8H,2,9-10H2,1H3,(H,22,24). The summed E-state index contributed by atoms with van der Waals surface area (Å²) in [6.45, 7) is 1.29. The highest BCUT2D eigenvalue weighted by atomic mass is 79.9. The van der Waals surface area contributed by atoms with Crippen LogP contribution in [0.1, 0.15) is 22.8 Å². The van der Waals surface area contributed by atoms with Gasteiger partial charge in [0.1, 0.15) is 17.4 Å². The van der Waals surface area contributed by atoms with Gasteiger partial charge in [0, 0.05) is 22.6 Å². The molecule has 26 heavy (non-hydrogen) atoms. The highest BCUT2D eigenvalue weighted by Gasteiger charge is 2.16. The lowest BCUT2D eigenvalue weighted by atomic mass is 10.1. The van der Waals surface area contributed by atoms with Gasteiger partial charge in [0.05, 0.1) is 12.2 Å². The molecule has 2 aromatic rings. The number of rotatable bonds is 7. The molecule has 0 spiro atoms. The Morgan fingerprint density at radius 3 is 2.62 bits per heavy atom. The van der Waals surface area contributed by atoms with Crippen molar-refractivity contribution < 1.29 is 27.8 Å². The minimum Gasteiger partial charge on any atom is -0.481 e. The molecule has 0 saturated heterocycles. The average Bonchev–Trinajstić information content (AvgIpc) is 2.59. The van der Waals surface area contributed by atoms with E-state index in [4.69, 9.17) is 9.47 Å². The lowest BCUT2D eigenvalue weighted by Crippen LogP contribution is -2.24. The van der Waals surface area contributed by atoms with Crippen LogP contribution in [0.4, 0.5) is 8.78 Å². The van der Waals surface area contributed by atoms with Crippen LogP contribution in [-0.4, -0.2) is 25.1 Å². The number of hydrogen-bond donors (Lipinski definition) is 1. The van der Waals surface area contributed by atoms with Gasteiger partial charge in [0.15, 0.2) is 6.61 Å². The third-order valence-corrected chi connectivity index (χ3v) is 3.79. The summed E-state index contributed by atoms with van der Waals surface area (Å²) in [5, 5.41) is 2.54. The van der Waals surface area contributed by atoms with Crippen LogP contribution in [0.3, 0.4) is 0 Å². The first-order chi connectivity index (χ1) is 12.4. The number of nitrogens with one attached hydrogen (secondary N) is 1. The van der Waals surface area contributed by atoms with Gasteiger partial charge in [-0.25, -0.2) is 13.6 Å². The maximum Gasteiger partial charge on any atom is 0.344 e. The fraction of sp³-hybridized carbons (Fsp3) is 0.222. The van der Waals surface area contributed by atoms with Crippen molar-refractivity contribution in [3.8, 4) is 5.75 Å². The van der Waals surface area contributed by atoms with Gasteiger partial charge in [-0.3, -0.25) is 4.79 Å². The van der Waals surface area contributed by atoms with Gasteiger partial charge in [-0.2, -0.15) is 0 Å². The monoisotopic (exact) mass is 427 g/mol. The molecule has 2 aromatic carbocycles. The smallest absolute Gasteiger partial charge is 0.344 e. The number of carbonyl (C=O) groups excluding carboxylic acids is 2. The topological polar surface area (TPSA) is 64.6 Å². The fourth-order valence-electron chi connectivity index (χ4n) is 2.08. The Morgan fingerprint density at radius 2 is 1.92 bits per heavy atom. The van der Waals surface area contributed by atoms with E-state index in [-0.39, 0.29) is 30.0 Å². The van der Waals surface area contributed by atoms with Crippen LogP contribution in [0, 0.1) is 11.6 Å². The molecule has 0 unspecified atom stereocenters. The van der Waals surface area contributed by atoms with E-state index in [1.807, 2.05) is 0 Å². The number of hydrogen-bond acceptors (Lipinski definition) is 4. The van der Waals surface area contributed by atoms with E-state index in [9.17, 15) is 18.4 Å². The highest BCUT2D eigenvalue weighted by molar-refractivity contribution is 9.10. The molecule has 138 valence electrons. The molecule has 1 amide bonds. The molecule has 8 heteroatoms. The van der Waals surface area contributed by atoms with Crippen LogP contribution in [0.2, 0.25) is 0 Å². The van der Waals surface area contributed by atoms with Crippen molar-refractivity contribution in [1.82, 2.24) is 5.32 Å². The molecule has 0 aliphatic rings. The molecule has 0 radical (unpaired) electrons. The third kappa shape index (κ3) is 5.52. The molecule has 5 nitrogen and oxygen atoms in total. The van der Waals surface area contributed by atoms with Crippen LogP contribution in [0.15, 0.2) is 40.9 Å². The summed E-state index contributed by atoms with van der Waals surface area (Å²) < 4.78 is 37.7. The van der Waals surface area contributed by atoms with Gasteiger partial charge >= 0.3 is 5.97 Å². The summed E-state index contributed by atoms with van der Waals surface area (Å²) in [5.41, 5.74) is 0.311. The summed E-state index contributed by atoms with van der Waals surface area (Å²) in [6, 6.07) is 7.77. The van der Waals surface area contributed by atoms with Crippen LogP contribution in [0.5, 0.6) is 5.75 Å². The SMILES string of the molecule is CCOC(=O)COc1cc(F)ccc1C(=O)NCc1ccc(Br)cc1F. The predicted molar refractivity (Wildman–Crippen MR) is 93.8 cm³/mol. The summed E-state index contributed by atoms with van der Waals surface area (Å²) in [7, 11) is 0. The normalized spacial score (nSPS) is 10.3. The molecule has 0 saturated carbocycles. The van der Waals surface area contributed by atoms with Crippen LogP contribution in [-0.2, 0) is 16.1 Å². The van der Waals surface area contributed by atoms with Crippen molar-refractivity contribution >= 4 is 27.8 Å². The van der Waals surface area contributed by atoms with Gasteiger partial charge in [0.25, 0.3) is 5.91 Å². The van der Waals surface area contributed by atoms with E-state index >= 15 is 0 Å². The number of amides is 1. The maximum atomic E-state index is 13.8. The first-order valence-electron chi connectivity index (χ1n) is 7.70. The number of esters is 1. The van der Waals surface area contributed by atoms with Crippen molar-refractivity contribution in [3.63, 3.8) is 0 Å². The predicted octanol–water partition coefficient (Wildman–Crippen LogP) is 3.60. The minimum atomic E-state index is -0.639. The van der Waals surface area contributed by atoms with E-state index in [1.165, 1.54) is 18.2 Å². The van der Waals surface area contributed by atoms with Gasteiger partial charge in [0.2, 0.25) is 0 Å². The van der Waals surface area contributed by atoms with E-state index in [0.717, 1.165) is 12.1 Å². The lowest BCUT2D eigenvalue weighted by molar-refractivity contribution is -0.145. The highest BCUT2D eigenvalue weighted by Crippen LogP contribution is 2.21. The second-order valence-electron chi connectivity index (χ2n) is 5.15. The Bertz CT molecular complexity index is 814. The molecule has 0 bridgehead atoms. The molecule has 0 aliphatic heterocycles. The third-order valence-electron chi connectivity index (χ3n) is 3.29. The molecule has 1 N–H and O–H groups in total. The summed E-state index contributed by atoms with van der Waals surface area (Å²) >= 11 is 3.15. The first-order valence-corrected chi connectivity index (χ1v) is 8.50. The van der Waals surface area contributed by atoms with E-state index < -0.39 is 30.1 Å². The van der Waals surface area contributed by atoms with E-state index in [2.05, 4.69) is 21.2 Å². The molecule has 0 aromatic heterocycles.